The van der Waals surface area contributed by atoms with E-state index in [4.69, 9.17) is 0 Å². The van der Waals surface area contributed by atoms with E-state index in [9.17, 15) is 4.79 Å². The second-order valence-corrected chi connectivity index (χ2v) is 7.98. The van der Waals surface area contributed by atoms with Gasteiger partial charge in [0.15, 0.2) is 0 Å². The third-order valence-electron chi connectivity index (χ3n) is 5.37. The van der Waals surface area contributed by atoms with E-state index in [1.165, 1.54) is 42.9 Å². The Balaban J connectivity index is 1.36. The number of nitrogens with one attached hydrogen (secondary N) is 1. The summed E-state index contributed by atoms with van der Waals surface area (Å²) in [5.74, 6) is 0. The molecule has 3 rings (SSSR count). The summed E-state index contributed by atoms with van der Waals surface area (Å²) in [6.07, 6.45) is 7.20. The summed E-state index contributed by atoms with van der Waals surface area (Å²) in [6.45, 7) is 7.74. The van der Waals surface area contributed by atoms with Crippen LogP contribution in [0.25, 0.3) is 0 Å². The third kappa shape index (κ3) is 5.30. The third-order valence-corrected chi connectivity index (χ3v) is 6.15. The number of carbonyl (C=O) groups excluding carboxylic acids is 1. The Labute approximate surface area is 162 Å². The molecule has 0 unspecified atom stereocenters. The molecule has 26 heavy (non-hydrogen) atoms. The van der Waals surface area contributed by atoms with Gasteiger partial charge in [-0.3, -0.25) is 0 Å². The van der Waals surface area contributed by atoms with Gasteiger partial charge in [0, 0.05) is 37.6 Å². The maximum absolute atomic E-state index is 12.4. The molecular weight excluding hydrogens is 344 g/mol. The molecule has 0 spiro atoms. The molecule has 144 valence electrons. The van der Waals surface area contributed by atoms with Crippen LogP contribution in [0.2, 0.25) is 0 Å². The zero-order chi connectivity index (χ0) is 18.2. The highest BCUT2D eigenvalue weighted by molar-refractivity contribution is 7.98. The first-order valence-corrected chi connectivity index (χ1v) is 11.1. The Hall–Kier alpha value is -1.40. The summed E-state index contributed by atoms with van der Waals surface area (Å²) in [5.41, 5.74) is 1.29. The number of para-hydroxylation sites is 1. The number of benzene rings is 1. The minimum Gasteiger partial charge on any atom is -0.367 e. The first kappa shape index (κ1) is 19.4. The highest BCUT2D eigenvalue weighted by atomic mass is 32.2. The average molecular weight is 377 g/mol. The van der Waals surface area contributed by atoms with Gasteiger partial charge in [0.1, 0.15) is 0 Å². The normalized spacial score (nSPS) is 18.8. The van der Waals surface area contributed by atoms with Gasteiger partial charge < -0.3 is 20.0 Å². The predicted octanol–water partition coefficient (Wildman–Crippen LogP) is 3.12. The fourth-order valence-corrected chi connectivity index (χ4v) is 4.46. The fourth-order valence-electron chi connectivity index (χ4n) is 3.83. The Morgan fingerprint density at radius 1 is 1.04 bits per heavy atom. The van der Waals surface area contributed by atoms with E-state index in [0.29, 0.717) is 0 Å². The maximum atomic E-state index is 12.4. The van der Waals surface area contributed by atoms with Crippen LogP contribution in [0.3, 0.4) is 0 Å². The zero-order valence-electron chi connectivity index (χ0n) is 16.0. The molecule has 0 aromatic heterocycles. The Kier molecular flexibility index (Phi) is 7.50. The van der Waals surface area contributed by atoms with Gasteiger partial charge in [-0.1, -0.05) is 18.6 Å². The van der Waals surface area contributed by atoms with Crippen LogP contribution in [0, 0.1) is 0 Å². The molecule has 0 radical (unpaired) electrons. The molecule has 1 N–H and O–H groups in total. The number of hydrogen-bond donors (Lipinski definition) is 1. The first-order chi connectivity index (χ1) is 12.8. The van der Waals surface area contributed by atoms with Crippen molar-refractivity contribution in [2.45, 2.75) is 30.6 Å². The highest BCUT2D eigenvalue weighted by Gasteiger charge is 2.22. The Morgan fingerprint density at radius 3 is 2.50 bits per heavy atom. The quantitative estimate of drug-likeness (QED) is 0.612. The number of likely N-dealkylation sites (tertiary alicyclic amines) is 1. The Morgan fingerprint density at radius 2 is 1.77 bits per heavy atom. The lowest BCUT2D eigenvalue weighted by Crippen LogP contribution is -2.52. The molecule has 2 amide bonds. The van der Waals surface area contributed by atoms with Crippen molar-refractivity contribution in [1.82, 2.24) is 15.1 Å². The van der Waals surface area contributed by atoms with Gasteiger partial charge in [-0.2, -0.15) is 0 Å². The summed E-state index contributed by atoms with van der Waals surface area (Å²) < 4.78 is 0. The van der Waals surface area contributed by atoms with Crippen LogP contribution >= 0.6 is 11.8 Å². The number of nitrogens with zero attached hydrogens (tertiary/aromatic N) is 3. The number of amides is 2. The average Bonchev–Trinajstić information content (AvgIpc) is 2.72. The van der Waals surface area contributed by atoms with Crippen molar-refractivity contribution in [3.05, 3.63) is 24.3 Å². The number of thioether (sulfide) groups is 1. The second kappa shape index (κ2) is 10.1. The van der Waals surface area contributed by atoms with E-state index in [1.54, 1.807) is 11.8 Å². The second-order valence-electron chi connectivity index (χ2n) is 7.13. The Bertz CT molecular complexity index is 569. The van der Waals surface area contributed by atoms with Crippen LogP contribution < -0.4 is 10.2 Å². The number of hydrogen-bond acceptors (Lipinski definition) is 4. The van der Waals surface area contributed by atoms with Crippen LogP contribution in [0.5, 0.6) is 0 Å². The van der Waals surface area contributed by atoms with Crippen molar-refractivity contribution in [2.75, 3.05) is 63.5 Å². The lowest BCUT2D eigenvalue weighted by atomic mass is 10.1. The number of carbonyl (C=O) groups is 1. The van der Waals surface area contributed by atoms with Crippen molar-refractivity contribution in [3.8, 4) is 0 Å². The van der Waals surface area contributed by atoms with E-state index in [1.807, 2.05) is 4.90 Å². The molecule has 2 saturated heterocycles. The monoisotopic (exact) mass is 376 g/mol. The molecule has 2 heterocycles. The first-order valence-electron chi connectivity index (χ1n) is 9.91. The minimum absolute atomic E-state index is 0.0986. The summed E-state index contributed by atoms with van der Waals surface area (Å²) >= 11 is 1.78. The van der Waals surface area contributed by atoms with E-state index < -0.39 is 0 Å². The minimum atomic E-state index is 0.0986. The molecule has 1 aromatic rings. The van der Waals surface area contributed by atoms with Crippen molar-refractivity contribution in [3.63, 3.8) is 0 Å². The molecule has 5 nitrogen and oxygen atoms in total. The lowest BCUT2D eigenvalue weighted by molar-refractivity contribution is 0.191. The number of piperidine rings is 1. The van der Waals surface area contributed by atoms with Crippen molar-refractivity contribution < 1.29 is 4.79 Å². The smallest absolute Gasteiger partial charge is 0.317 e. The fraction of sp³-hybridized carbons (Fsp3) is 0.650. The van der Waals surface area contributed by atoms with Gasteiger partial charge >= 0.3 is 6.03 Å². The van der Waals surface area contributed by atoms with Gasteiger partial charge in [0.05, 0.1) is 5.69 Å². The van der Waals surface area contributed by atoms with Crippen molar-refractivity contribution in [1.29, 1.82) is 0 Å². The lowest BCUT2D eigenvalue weighted by Gasteiger charge is -2.36. The summed E-state index contributed by atoms with van der Waals surface area (Å²) in [7, 11) is 0. The summed E-state index contributed by atoms with van der Waals surface area (Å²) in [6, 6.07) is 8.63. The van der Waals surface area contributed by atoms with E-state index in [-0.39, 0.29) is 6.03 Å². The number of urea groups is 1. The number of rotatable bonds is 6. The predicted molar refractivity (Wildman–Crippen MR) is 110 cm³/mol. The molecular formula is C20H32N4OS. The standard InChI is InChI=1S/C20H32N4OS/c1-26-19-9-4-3-8-18(19)23-14-16-24(17-15-23)20(25)21-10-7-13-22-11-5-2-6-12-22/h3-4,8-9H,2,5-7,10-17H2,1H3,(H,21,25). The van der Waals surface area contributed by atoms with Gasteiger partial charge in [0.25, 0.3) is 0 Å². The molecule has 2 aliphatic heterocycles. The molecule has 0 aliphatic carbocycles. The molecule has 6 heteroatoms. The molecule has 0 bridgehead atoms. The summed E-state index contributed by atoms with van der Waals surface area (Å²) in [4.78, 5) is 20.6. The van der Waals surface area contributed by atoms with E-state index in [0.717, 1.165) is 45.7 Å². The topological polar surface area (TPSA) is 38.8 Å². The molecule has 0 saturated carbocycles. The van der Waals surface area contributed by atoms with Gasteiger partial charge in [0.2, 0.25) is 0 Å². The molecule has 1 aromatic carbocycles. The van der Waals surface area contributed by atoms with E-state index >= 15 is 0 Å². The van der Waals surface area contributed by atoms with Crippen molar-refractivity contribution in [2.24, 2.45) is 0 Å². The van der Waals surface area contributed by atoms with Gasteiger partial charge in [-0.25, -0.2) is 4.79 Å². The van der Waals surface area contributed by atoms with Crippen molar-refractivity contribution >= 4 is 23.5 Å². The molecule has 2 aliphatic rings. The van der Waals surface area contributed by atoms with E-state index in [2.05, 4.69) is 45.6 Å². The SMILES string of the molecule is CSc1ccccc1N1CCN(C(=O)NCCCN2CCCCC2)CC1. The summed E-state index contributed by atoms with van der Waals surface area (Å²) in [5, 5.41) is 3.11. The largest absolute Gasteiger partial charge is 0.367 e. The van der Waals surface area contributed by atoms with Crippen LogP contribution in [-0.4, -0.2) is 74.4 Å². The number of anilines is 1. The van der Waals surface area contributed by atoms with Gasteiger partial charge in [-0.05, 0) is 57.3 Å². The maximum Gasteiger partial charge on any atom is 0.317 e. The number of piperazine rings is 1. The highest BCUT2D eigenvalue weighted by Crippen LogP contribution is 2.28. The van der Waals surface area contributed by atoms with Gasteiger partial charge in [-0.15, -0.1) is 11.8 Å². The molecule has 0 atom stereocenters. The van der Waals surface area contributed by atoms with Crippen LogP contribution in [0.4, 0.5) is 10.5 Å². The van der Waals surface area contributed by atoms with Crippen LogP contribution in [0.15, 0.2) is 29.2 Å². The van der Waals surface area contributed by atoms with Crippen LogP contribution in [0.1, 0.15) is 25.7 Å². The molecule has 2 fully saturated rings. The zero-order valence-corrected chi connectivity index (χ0v) is 16.8. The van der Waals surface area contributed by atoms with Crippen LogP contribution in [-0.2, 0) is 0 Å².